The van der Waals surface area contributed by atoms with Crippen LogP contribution in [0.5, 0.6) is 0 Å². The first-order chi connectivity index (χ1) is 14.9. The first-order valence-corrected chi connectivity index (χ1v) is 9.95. The first-order valence-electron chi connectivity index (χ1n) is 10.5. The fourth-order valence-electron chi connectivity index (χ4n) is 3.73. The maximum absolute atomic E-state index is 13.6. The Bertz CT molecular complexity index is 1040. The molecule has 30 heavy (non-hydrogen) atoms. The summed E-state index contributed by atoms with van der Waals surface area (Å²) in [6.45, 7) is 1.34. The Hall–Kier alpha value is -3.39. The Balaban J connectivity index is 1.91. The molecule has 8 nitrogen and oxygen atoms in total. The molecule has 3 amide bonds. The third-order valence-corrected chi connectivity index (χ3v) is 5.13. The fraction of sp³-hybridized carbons (Fsp3) is 0.318. The molecule has 2 aromatic carbocycles. The lowest BCUT2D eigenvalue weighted by Crippen LogP contribution is -2.51. The Morgan fingerprint density at radius 1 is 1.37 bits per heavy atom. The summed E-state index contributed by atoms with van der Waals surface area (Å²) >= 11 is 0. The number of rotatable bonds is 6. The number of nitrogen functional groups attached to an aromatic ring is 1. The van der Waals surface area contributed by atoms with Crippen molar-refractivity contribution in [1.82, 2.24) is 5.06 Å². The molecule has 0 saturated carbocycles. The van der Waals surface area contributed by atoms with Crippen molar-refractivity contribution in [2.24, 2.45) is 10.7 Å². The van der Waals surface area contributed by atoms with Gasteiger partial charge in [-0.2, -0.15) is 5.06 Å². The molecule has 2 aliphatic rings. The maximum atomic E-state index is 13.6. The van der Waals surface area contributed by atoms with Crippen molar-refractivity contribution in [2.75, 3.05) is 23.8 Å². The molecule has 4 rings (SSSR count). The van der Waals surface area contributed by atoms with Crippen LogP contribution in [-0.2, 0) is 16.1 Å². The lowest BCUT2D eigenvalue weighted by atomic mass is 9.97. The highest BCUT2D eigenvalue weighted by atomic mass is 16.7. The normalized spacial score (nSPS) is 20.3. The van der Waals surface area contributed by atoms with Gasteiger partial charge in [0.25, 0.3) is 5.91 Å². The number of aliphatic imine (C=N–C) groups is 1. The minimum absolute atomic E-state index is 0.217. The zero-order valence-electron chi connectivity index (χ0n) is 17.7. The number of hydroxylamine groups is 2. The zero-order chi connectivity index (χ0) is 22.1. The lowest BCUT2D eigenvalue weighted by Gasteiger charge is -2.27. The molecule has 0 saturated heterocycles. The molecular formula is C22H25N5O3. The molecule has 1 unspecified atom stereocenters. The van der Waals surface area contributed by atoms with E-state index in [9.17, 15) is 9.59 Å². The summed E-state index contributed by atoms with van der Waals surface area (Å²) in [5.41, 5.74) is 15.5. The van der Waals surface area contributed by atoms with E-state index in [0.29, 0.717) is 35.5 Å². The van der Waals surface area contributed by atoms with E-state index in [0.717, 1.165) is 22.6 Å². The second-order valence-corrected chi connectivity index (χ2v) is 7.24. The predicted molar refractivity (Wildman–Crippen MR) is 115 cm³/mol. The number of carbonyl (C=O) groups is 2. The standard InChI is InChI=1S/C22H25N5O3/c1-2-3-11-30-27(22(24)29)20-21(28)26-10-9-15-12-16(23)13-17(19(15)26)18(25-20)14-7-5-4-6-8-14/h4-8,12-13,20H,2-3,9-11,23H2,1H3,(H2,24,29)/t20-/m1/s1/i10T/t10?,20-. The molecule has 0 bridgehead atoms. The highest BCUT2D eigenvalue weighted by Crippen LogP contribution is 2.38. The zero-order valence-corrected chi connectivity index (χ0v) is 16.7. The number of urea groups is 1. The average Bonchev–Trinajstić information content (AvgIpc) is 3.01. The number of anilines is 2. The maximum Gasteiger partial charge on any atom is 0.341 e. The number of benzene rings is 2. The second-order valence-electron chi connectivity index (χ2n) is 7.24. The fourth-order valence-corrected chi connectivity index (χ4v) is 3.73. The molecule has 2 heterocycles. The van der Waals surface area contributed by atoms with Crippen LogP contribution in [0.3, 0.4) is 0 Å². The number of nitrogens with two attached hydrogens (primary N) is 2. The van der Waals surface area contributed by atoms with Gasteiger partial charge in [0.15, 0.2) is 0 Å². The number of amides is 3. The van der Waals surface area contributed by atoms with E-state index in [2.05, 4.69) is 4.99 Å². The summed E-state index contributed by atoms with van der Waals surface area (Å²) in [6, 6.07) is 11.9. The van der Waals surface area contributed by atoms with Gasteiger partial charge in [-0.25, -0.2) is 9.79 Å². The summed E-state index contributed by atoms with van der Waals surface area (Å²) in [7, 11) is 0. The minimum Gasteiger partial charge on any atom is -0.399 e. The average molecular weight is 409 g/mol. The third-order valence-electron chi connectivity index (χ3n) is 5.13. The van der Waals surface area contributed by atoms with Gasteiger partial charge < -0.3 is 16.4 Å². The van der Waals surface area contributed by atoms with Crippen molar-refractivity contribution in [1.29, 1.82) is 0 Å². The second kappa shape index (κ2) is 8.16. The predicted octanol–water partition coefficient (Wildman–Crippen LogP) is 2.45. The van der Waals surface area contributed by atoms with Crippen molar-refractivity contribution >= 4 is 29.0 Å². The largest absolute Gasteiger partial charge is 0.399 e. The van der Waals surface area contributed by atoms with Gasteiger partial charge >= 0.3 is 6.03 Å². The molecule has 2 aliphatic heterocycles. The van der Waals surface area contributed by atoms with E-state index in [1.165, 1.54) is 4.90 Å². The van der Waals surface area contributed by atoms with E-state index in [1.807, 2.05) is 37.3 Å². The van der Waals surface area contributed by atoms with Crippen LogP contribution in [0.25, 0.3) is 0 Å². The number of hydrogen-bond acceptors (Lipinski definition) is 5. The summed E-state index contributed by atoms with van der Waals surface area (Å²) < 4.78 is 8.52. The number of carbonyl (C=O) groups excluding carboxylic acids is 2. The number of aryl methyl sites for hydroxylation is 1. The van der Waals surface area contributed by atoms with Crippen LogP contribution in [0.4, 0.5) is 16.2 Å². The Morgan fingerprint density at radius 2 is 2.13 bits per heavy atom. The molecular weight excluding hydrogens is 382 g/mol. The summed E-state index contributed by atoms with van der Waals surface area (Å²) in [4.78, 5) is 37.4. The van der Waals surface area contributed by atoms with E-state index in [4.69, 9.17) is 17.7 Å². The highest BCUT2D eigenvalue weighted by molar-refractivity contribution is 6.21. The van der Waals surface area contributed by atoms with E-state index < -0.39 is 24.6 Å². The van der Waals surface area contributed by atoms with Crippen LogP contribution in [0.1, 0.15) is 37.8 Å². The molecule has 0 radical (unpaired) electrons. The summed E-state index contributed by atoms with van der Waals surface area (Å²) in [6.07, 6.45) is 0.517. The quantitative estimate of drug-likeness (QED) is 0.433. The lowest BCUT2D eigenvalue weighted by molar-refractivity contribution is -0.157. The van der Waals surface area contributed by atoms with Crippen molar-refractivity contribution in [2.45, 2.75) is 32.4 Å². The van der Waals surface area contributed by atoms with Crippen LogP contribution in [0, 0.1) is 0 Å². The molecule has 2 aromatic rings. The molecule has 2 atom stereocenters. The van der Waals surface area contributed by atoms with E-state index in [-0.39, 0.29) is 6.61 Å². The number of primary amides is 1. The molecule has 0 aromatic heterocycles. The van der Waals surface area contributed by atoms with Gasteiger partial charge in [0, 0.05) is 23.3 Å². The summed E-state index contributed by atoms with van der Waals surface area (Å²) in [5, 5.41) is 0.820. The molecule has 156 valence electrons. The molecule has 0 spiro atoms. The van der Waals surface area contributed by atoms with Crippen molar-refractivity contribution in [3.05, 3.63) is 59.2 Å². The van der Waals surface area contributed by atoms with Crippen LogP contribution in [0.15, 0.2) is 47.5 Å². The first kappa shape index (κ1) is 18.6. The van der Waals surface area contributed by atoms with Gasteiger partial charge in [-0.1, -0.05) is 43.7 Å². The van der Waals surface area contributed by atoms with Gasteiger partial charge in [-0.3, -0.25) is 9.63 Å². The van der Waals surface area contributed by atoms with Gasteiger partial charge in [-0.15, -0.1) is 0 Å². The van der Waals surface area contributed by atoms with Gasteiger partial charge in [0.1, 0.15) is 0 Å². The number of nitrogens with zero attached hydrogens (tertiary/aromatic N) is 3. The number of unbranched alkanes of at least 4 members (excludes halogenated alkanes) is 1. The smallest absolute Gasteiger partial charge is 0.341 e. The highest BCUT2D eigenvalue weighted by Gasteiger charge is 2.41. The van der Waals surface area contributed by atoms with E-state index in [1.54, 1.807) is 12.1 Å². The Morgan fingerprint density at radius 3 is 2.83 bits per heavy atom. The van der Waals surface area contributed by atoms with Crippen LogP contribution in [0.2, 0.25) is 0 Å². The topological polar surface area (TPSA) is 114 Å². The molecule has 0 aliphatic carbocycles. The van der Waals surface area contributed by atoms with Crippen molar-refractivity contribution in [3.63, 3.8) is 0 Å². The van der Waals surface area contributed by atoms with Crippen LogP contribution >= 0.6 is 0 Å². The number of hydrogen-bond donors (Lipinski definition) is 2. The van der Waals surface area contributed by atoms with Crippen LogP contribution < -0.4 is 16.4 Å². The van der Waals surface area contributed by atoms with Gasteiger partial charge in [-0.05, 0) is 30.5 Å². The minimum atomic E-state index is -1.35. The Labute approximate surface area is 176 Å². The SMILES string of the molecule is [3H]C1Cc2cc(N)cc3c2N1C(=O)[C@@H](N(OCCCC)C(N)=O)N=C3c1ccccc1. The monoisotopic (exact) mass is 409 g/mol. The van der Waals surface area contributed by atoms with Gasteiger partial charge in [0.05, 0.1) is 19.4 Å². The van der Waals surface area contributed by atoms with Crippen molar-refractivity contribution in [3.8, 4) is 0 Å². The molecule has 8 heteroatoms. The Kier molecular flexibility index (Phi) is 5.06. The molecule has 0 fully saturated rings. The van der Waals surface area contributed by atoms with Crippen LogP contribution in [-0.4, -0.2) is 42.0 Å². The van der Waals surface area contributed by atoms with Gasteiger partial charge in [0.2, 0.25) is 6.17 Å². The van der Waals surface area contributed by atoms with E-state index >= 15 is 0 Å². The summed E-state index contributed by atoms with van der Waals surface area (Å²) in [5.74, 6) is -0.536. The molecule has 4 N–H and O–H groups in total. The third kappa shape index (κ3) is 3.50. The van der Waals surface area contributed by atoms with Crippen molar-refractivity contribution < 1.29 is 15.8 Å².